The Balaban J connectivity index is 1.88. The van der Waals surface area contributed by atoms with Crippen LogP contribution >= 0.6 is 15.9 Å². The average Bonchev–Trinajstić information content (AvgIpc) is 2.71. The molecule has 0 aliphatic rings. The van der Waals surface area contributed by atoms with Crippen LogP contribution in [0.2, 0.25) is 0 Å². The van der Waals surface area contributed by atoms with E-state index in [0.717, 1.165) is 14.7 Å². The number of nitrogens with zero attached hydrogens (tertiary/aromatic N) is 2. The Morgan fingerprint density at radius 1 is 1.07 bits per heavy atom. The van der Waals surface area contributed by atoms with Crippen molar-refractivity contribution in [3.8, 4) is 11.5 Å². The molecule has 0 atom stereocenters. The van der Waals surface area contributed by atoms with E-state index in [0.29, 0.717) is 35.5 Å². The lowest BCUT2D eigenvalue weighted by molar-refractivity contribution is 0.0464. The zero-order valence-corrected chi connectivity index (χ0v) is 18.0. The van der Waals surface area contributed by atoms with Gasteiger partial charge >= 0.3 is 5.97 Å². The molecule has 3 aromatic rings. The third kappa shape index (κ3) is 4.42. The van der Waals surface area contributed by atoms with Gasteiger partial charge in [0.1, 0.15) is 6.61 Å². The average molecular weight is 461 g/mol. The SMILES string of the molecule is CCOc1cc(Br)c(COC(=O)c2nn(C)c(=O)c3ccccc23)cc1OCC. The van der Waals surface area contributed by atoms with Crippen molar-refractivity contribution in [1.82, 2.24) is 9.78 Å². The van der Waals surface area contributed by atoms with Gasteiger partial charge in [-0.2, -0.15) is 5.10 Å². The van der Waals surface area contributed by atoms with Crippen molar-refractivity contribution in [3.63, 3.8) is 0 Å². The lowest BCUT2D eigenvalue weighted by Gasteiger charge is -2.14. The quantitative estimate of drug-likeness (QED) is 0.498. The van der Waals surface area contributed by atoms with Crippen molar-refractivity contribution in [3.05, 3.63) is 62.5 Å². The molecule has 0 aliphatic heterocycles. The van der Waals surface area contributed by atoms with Crippen molar-refractivity contribution >= 4 is 32.7 Å². The number of rotatable bonds is 7. The number of carbonyl (C=O) groups excluding carboxylic acids is 1. The van der Waals surface area contributed by atoms with E-state index in [1.807, 2.05) is 13.8 Å². The smallest absolute Gasteiger partial charge is 0.359 e. The minimum Gasteiger partial charge on any atom is -0.490 e. The molecule has 0 bridgehead atoms. The highest BCUT2D eigenvalue weighted by molar-refractivity contribution is 9.10. The number of hydrogen-bond acceptors (Lipinski definition) is 6. The van der Waals surface area contributed by atoms with E-state index < -0.39 is 5.97 Å². The first kappa shape index (κ1) is 20.9. The van der Waals surface area contributed by atoms with Gasteiger partial charge in [0, 0.05) is 22.5 Å². The number of esters is 1. The molecule has 0 aliphatic carbocycles. The number of aryl methyl sites for hydroxylation is 1. The number of halogens is 1. The zero-order valence-electron chi connectivity index (χ0n) is 16.4. The summed E-state index contributed by atoms with van der Waals surface area (Å²) in [5, 5.41) is 4.97. The van der Waals surface area contributed by atoms with Crippen molar-refractivity contribution in [2.75, 3.05) is 13.2 Å². The van der Waals surface area contributed by atoms with E-state index in [-0.39, 0.29) is 17.9 Å². The molecule has 8 heteroatoms. The van der Waals surface area contributed by atoms with Gasteiger partial charge in [-0.15, -0.1) is 0 Å². The van der Waals surface area contributed by atoms with Crippen LogP contribution in [0.25, 0.3) is 10.8 Å². The van der Waals surface area contributed by atoms with Gasteiger partial charge in [-0.25, -0.2) is 9.48 Å². The molecule has 1 aromatic heterocycles. The third-order valence-electron chi connectivity index (χ3n) is 4.22. The molecule has 0 radical (unpaired) electrons. The summed E-state index contributed by atoms with van der Waals surface area (Å²) in [6.07, 6.45) is 0. The van der Waals surface area contributed by atoms with E-state index >= 15 is 0 Å². The van der Waals surface area contributed by atoms with Gasteiger partial charge in [-0.3, -0.25) is 4.79 Å². The Morgan fingerprint density at radius 2 is 1.69 bits per heavy atom. The van der Waals surface area contributed by atoms with Crippen LogP contribution in [0.1, 0.15) is 29.9 Å². The fraction of sp³-hybridized carbons (Fsp3) is 0.286. The van der Waals surface area contributed by atoms with Crippen LogP contribution in [0.3, 0.4) is 0 Å². The van der Waals surface area contributed by atoms with Crippen LogP contribution in [0.5, 0.6) is 11.5 Å². The lowest BCUT2D eigenvalue weighted by Crippen LogP contribution is -2.23. The van der Waals surface area contributed by atoms with Gasteiger partial charge in [-0.05, 0) is 32.0 Å². The Hall–Kier alpha value is -2.87. The summed E-state index contributed by atoms with van der Waals surface area (Å²) in [6, 6.07) is 10.4. The van der Waals surface area contributed by atoms with Crippen LogP contribution in [-0.2, 0) is 18.4 Å². The molecule has 0 unspecified atom stereocenters. The Labute approximate surface area is 176 Å². The summed E-state index contributed by atoms with van der Waals surface area (Å²) in [5.41, 5.74) is 0.543. The molecular formula is C21H21BrN2O5. The first-order valence-electron chi connectivity index (χ1n) is 9.17. The number of carbonyl (C=O) groups is 1. The number of fused-ring (bicyclic) bond motifs is 1. The highest BCUT2D eigenvalue weighted by atomic mass is 79.9. The molecule has 0 N–H and O–H groups in total. The van der Waals surface area contributed by atoms with Crippen LogP contribution in [-0.4, -0.2) is 29.0 Å². The van der Waals surface area contributed by atoms with Gasteiger partial charge in [-0.1, -0.05) is 34.1 Å². The minimum absolute atomic E-state index is 0.00471. The molecule has 0 fully saturated rings. The van der Waals surface area contributed by atoms with Gasteiger partial charge < -0.3 is 14.2 Å². The maximum atomic E-state index is 12.7. The second-order valence-electron chi connectivity index (χ2n) is 6.16. The summed E-state index contributed by atoms with van der Waals surface area (Å²) in [6.45, 7) is 4.77. The van der Waals surface area contributed by atoms with Crippen molar-refractivity contribution in [2.45, 2.75) is 20.5 Å². The predicted octanol–water partition coefficient (Wildman–Crippen LogP) is 3.85. The van der Waals surface area contributed by atoms with Gasteiger partial charge in [0.25, 0.3) is 5.56 Å². The molecule has 0 amide bonds. The number of hydrogen-bond donors (Lipinski definition) is 0. The van der Waals surface area contributed by atoms with Crippen LogP contribution in [0.4, 0.5) is 0 Å². The molecule has 3 rings (SSSR count). The first-order chi connectivity index (χ1) is 14.0. The van der Waals surface area contributed by atoms with Crippen LogP contribution < -0.4 is 15.0 Å². The highest BCUT2D eigenvalue weighted by Crippen LogP contribution is 2.34. The monoisotopic (exact) mass is 460 g/mol. The molecule has 0 saturated carbocycles. The fourth-order valence-electron chi connectivity index (χ4n) is 2.89. The van der Waals surface area contributed by atoms with Crippen LogP contribution in [0, 0.1) is 0 Å². The Morgan fingerprint density at radius 3 is 2.34 bits per heavy atom. The Kier molecular flexibility index (Phi) is 6.53. The van der Waals surface area contributed by atoms with E-state index in [2.05, 4.69) is 21.0 Å². The van der Waals surface area contributed by atoms with E-state index in [1.54, 1.807) is 36.4 Å². The molecule has 1 heterocycles. The summed E-state index contributed by atoms with van der Waals surface area (Å²) >= 11 is 3.48. The second kappa shape index (κ2) is 9.09. The molecule has 29 heavy (non-hydrogen) atoms. The van der Waals surface area contributed by atoms with Crippen molar-refractivity contribution in [1.29, 1.82) is 0 Å². The number of benzene rings is 2. The van der Waals surface area contributed by atoms with E-state index in [1.165, 1.54) is 7.05 Å². The Bertz CT molecular complexity index is 1110. The second-order valence-corrected chi connectivity index (χ2v) is 7.01. The maximum absolute atomic E-state index is 12.7. The van der Waals surface area contributed by atoms with Gasteiger partial charge in [0.2, 0.25) is 0 Å². The molecule has 7 nitrogen and oxygen atoms in total. The summed E-state index contributed by atoms with van der Waals surface area (Å²) in [7, 11) is 1.50. The highest BCUT2D eigenvalue weighted by Gasteiger charge is 2.18. The third-order valence-corrected chi connectivity index (χ3v) is 4.96. The van der Waals surface area contributed by atoms with Crippen molar-refractivity contribution in [2.24, 2.45) is 7.05 Å². The van der Waals surface area contributed by atoms with E-state index in [9.17, 15) is 9.59 Å². The summed E-state index contributed by atoms with van der Waals surface area (Å²) in [5.74, 6) is 0.576. The first-order valence-corrected chi connectivity index (χ1v) is 9.96. The molecule has 2 aromatic carbocycles. The number of ether oxygens (including phenoxy) is 3. The van der Waals surface area contributed by atoms with Gasteiger partial charge in [0.15, 0.2) is 17.2 Å². The largest absolute Gasteiger partial charge is 0.490 e. The lowest BCUT2D eigenvalue weighted by atomic mass is 10.1. The van der Waals surface area contributed by atoms with Crippen molar-refractivity contribution < 1.29 is 19.0 Å². The maximum Gasteiger partial charge on any atom is 0.359 e. The van der Waals surface area contributed by atoms with E-state index in [4.69, 9.17) is 14.2 Å². The molecule has 0 spiro atoms. The normalized spacial score (nSPS) is 10.8. The topological polar surface area (TPSA) is 79.7 Å². The molecule has 152 valence electrons. The van der Waals surface area contributed by atoms with Gasteiger partial charge in [0.05, 0.1) is 18.6 Å². The van der Waals surface area contributed by atoms with Crippen LogP contribution in [0.15, 0.2) is 45.7 Å². The fourth-order valence-corrected chi connectivity index (χ4v) is 3.32. The zero-order chi connectivity index (χ0) is 21.0. The molecular weight excluding hydrogens is 440 g/mol. The standard InChI is InChI=1S/C21H21BrN2O5/c1-4-27-17-10-13(16(22)11-18(17)28-5-2)12-29-21(26)19-14-8-6-7-9-15(14)20(25)24(3)23-19/h6-11H,4-5,12H2,1-3H3. The summed E-state index contributed by atoms with van der Waals surface area (Å²) < 4.78 is 18.6. The molecule has 0 saturated heterocycles. The summed E-state index contributed by atoms with van der Waals surface area (Å²) in [4.78, 5) is 24.9. The predicted molar refractivity (Wildman–Crippen MR) is 113 cm³/mol. The minimum atomic E-state index is -0.615. The number of aromatic nitrogens is 2.